The van der Waals surface area contributed by atoms with Crippen LogP contribution in [-0.2, 0) is 24.0 Å². The van der Waals surface area contributed by atoms with E-state index in [0.717, 1.165) is 58.7 Å². The summed E-state index contributed by atoms with van der Waals surface area (Å²) >= 11 is 0. The van der Waals surface area contributed by atoms with E-state index in [9.17, 15) is 0 Å². The molecule has 0 saturated heterocycles. The number of ether oxygens (including phenoxy) is 1. The molecule has 4 unspecified atom stereocenters. The Balaban J connectivity index is 1.30. The smallest absolute Gasteiger partial charge is 0.147 e. The van der Waals surface area contributed by atoms with Crippen LogP contribution in [0.2, 0.25) is 0 Å². The highest BCUT2D eigenvalue weighted by molar-refractivity contribution is 7.82. The van der Waals surface area contributed by atoms with Crippen molar-refractivity contribution >= 4 is 34.6 Å². The Labute approximate surface area is 272 Å². The summed E-state index contributed by atoms with van der Waals surface area (Å²) in [6, 6.07) is 33.1. The third kappa shape index (κ3) is 4.12. The van der Waals surface area contributed by atoms with Gasteiger partial charge in [-0.3, -0.25) is 0 Å². The number of benzene rings is 5. The number of aryl methyl sites for hydroxylation is 2. The van der Waals surface area contributed by atoms with E-state index in [0.29, 0.717) is 24.4 Å². The SMILES string of the molecule is CC1CCC(C(C)C)C(P2(=O)C(c3ccccc3)=Cc3cc4c(cc32)-c2c(ccc3c2-c2c(ccc5ccccc25)CC3)CO4)C1. The van der Waals surface area contributed by atoms with Crippen molar-refractivity contribution in [1.82, 2.24) is 0 Å². The van der Waals surface area contributed by atoms with Gasteiger partial charge in [-0.15, -0.1) is 0 Å². The van der Waals surface area contributed by atoms with E-state index in [1.807, 2.05) is 0 Å². The Morgan fingerprint density at radius 2 is 1.52 bits per heavy atom. The van der Waals surface area contributed by atoms with Crippen LogP contribution in [0.1, 0.15) is 67.9 Å². The molecule has 2 aliphatic heterocycles. The van der Waals surface area contributed by atoms with Gasteiger partial charge in [-0.05, 0) is 111 Å². The predicted molar refractivity (Wildman–Crippen MR) is 193 cm³/mol. The molecule has 2 aliphatic carbocycles. The van der Waals surface area contributed by atoms with Crippen LogP contribution >= 0.6 is 7.14 Å². The number of hydrogen-bond acceptors (Lipinski definition) is 2. The summed E-state index contributed by atoms with van der Waals surface area (Å²) in [6.07, 6.45) is 7.73. The lowest BCUT2D eigenvalue weighted by Crippen LogP contribution is -2.34. The summed E-state index contributed by atoms with van der Waals surface area (Å²) in [6.45, 7) is 7.60. The maximum atomic E-state index is 16.3. The molecule has 46 heavy (non-hydrogen) atoms. The average molecular weight is 621 g/mol. The van der Waals surface area contributed by atoms with Gasteiger partial charge in [-0.2, -0.15) is 0 Å². The van der Waals surface area contributed by atoms with Gasteiger partial charge in [-0.1, -0.05) is 106 Å². The first-order valence-corrected chi connectivity index (χ1v) is 19.0. The molecule has 0 bridgehead atoms. The summed E-state index contributed by atoms with van der Waals surface area (Å²) in [5, 5.41) is 4.69. The molecule has 5 aromatic carbocycles. The zero-order chi connectivity index (χ0) is 31.2. The monoisotopic (exact) mass is 620 g/mol. The molecule has 0 N–H and O–H groups in total. The largest absolute Gasteiger partial charge is 0.488 e. The molecule has 2 heterocycles. The van der Waals surface area contributed by atoms with E-state index < -0.39 is 7.14 Å². The molecule has 1 saturated carbocycles. The third-order valence-corrected chi connectivity index (χ3v) is 15.4. The maximum Gasteiger partial charge on any atom is 0.147 e. The fraction of sp³-hybridized carbons (Fsp3) is 0.302. The zero-order valence-electron chi connectivity index (χ0n) is 27.1. The predicted octanol–water partition coefficient (Wildman–Crippen LogP) is 11.1. The zero-order valence-corrected chi connectivity index (χ0v) is 27.9. The molecule has 9 rings (SSSR count). The van der Waals surface area contributed by atoms with Crippen LogP contribution in [0.3, 0.4) is 0 Å². The highest BCUT2D eigenvalue weighted by Crippen LogP contribution is 2.70. The Bertz CT molecular complexity index is 2120. The van der Waals surface area contributed by atoms with Crippen molar-refractivity contribution in [2.24, 2.45) is 17.8 Å². The van der Waals surface area contributed by atoms with E-state index in [2.05, 4.69) is 118 Å². The van der Waals surface area contributed by atoms with Crippen molar-refractivity contribution in [3.63, 3.8) is 0 Å². The molecule has 0 amide bonds. The van der Waals surface area contributed by atoms with Crippen LogP contribution in [0.15, 0.2) is 91.0 Å². The van der Waals surface area contributed by atoms with Gasteiger partial charge < -0.3 is 9.30 Å². The van der Waals surface area contributed by atoms with Gasteiger partial charge in [-0.25, -0.2) is 0 Å². The van der Waals surface area contributed by atoms with Crippen LogP contribution in [0.4, 0.5) is 0 Å². The van der Waals surface area contributed by atoms with Gasteiger partial charge in [0.25, 0.3) is 0 Å². The van der Waals surface area contributed by atoms with Gasteiger partial charge in [0.05, 0.1) is 0 Å². The lowest BCUT2D eigenvalue weighted by molar-refractivity contribution is 0.238. The maximum absolute atomic E-state index is 16.3. The molecule has 0 aromatic heterocycles. The van der Waals surface area contributed by atoms with Crippen molar-refractivity contribution in [3.05, 3.63) is 119 Å². The molecule has 0 spiro atoms. The molecule has 2 nitrogen and oxygen atoms in total. The highest BCUT2D eigenvalue weighted by atomic mass is 31.2. The van der Waals surface area contributed by atoms with E-state index in [4.69, 9.17) is 4.74 Å². The summed E-state index contributed by atoms with van der Waals surface area (Å²) in [4.78, 5) is 0. The van der Waals surface area contributed by atoms with E-state index in [-0.39, 0.29) is 5.66 Å². The van der Waals surface area contributed by atoms with Crippen LogP contribution in [-0.4, -0.2) is 5.66 Å². The van der Waals surface area contributed by atoms with E-state index in [1.165, 1.54) is 50.6 Å². The van der Waals surface area contributed by atoms with Crippen LogP contribution in [0.25, 0.3) is 44.4 Å². The molecular weight excluding hydrogens is 579 g/mol. The molecular formula is C43H41O2P. The number of hydrogen-bond donors (Lipinski definition) is 0. The van der Waals surface area contributed by atoms with Crippen molar-refractivity contribution in [3.8, 4) is 28.0 Å². The minimum Gasteiger partial charge on any atom is -0.488 e. The second-order valence-corrected chi connectivity index (χ2v) is 17.5. The normalized spacial score (nSPS) is 24.3. The minimum absolute atomic E-state index is 0.139. The molecule has 3 heteroatoms. The quantitative estimate of drug-likeness (QED) is 0.188. The van der Waals surface area contributed by atoms with E-state index >= 15 is 4.57 Å². The molecule has 0 radical (unpaired) electrons. The third-order valence-electron chi connectivity index (χ3n) is 11.6. The molecule has 230 valence electrons. The number of rotatable bonds is 3. The van der Waals surface area contributed by atoms with Gasteiger partial charge in [0.1, 0.15) is 19.5 Å². The van der Waals surface area contributed by atoms with Gasteiger partial charge >= 0.3 is 0 Å². The Hall–Kier alpha value is -3.87. The van der Waals surface area contributed by atoms with E-state index in [1.54, 1.807) is 0 Å². The van der Waals surface area contributed by atoms with Gasteiger partial charge in [0.15, 0.2) is 0 Å². The van der Waals surface area contributed by atoms with Gasteiger partial charge in [0.2, 0.25) is 0 Å². The lowest BCUT2D eigenvalue weighted by atomic mass is 9.77. The molecule has 5 aromatic rings. The Morgan fingerprint density at radius 1 is 0.783 bits per heavy atom. The van der Waals surface area contributed by atoms with Crippen LogP contribution < -0.4 is 10.0 Å². The highest BCUT2D eigenvalue weighted by Gasteiger charge is 2.49. The van der Waals surface area contributed by atoms with Gasteiger partial charge in [0, 0.05) is 27.4 Å². The van der Waals surface area contributed by atoms with Crippen LogP contribution in [0, 0.1) is 17.8 Å². The molecule has 4 atom stereocenters. The second-order valence-electron chi connectivity index (χ2n) is 14.6. The standard InChI is InChI=1S/C43H41O2P/c1-26(2)34-20-13-27(3)21-40(34)46(44)38(29-10-5-4-6-11-29)23-33-22-37-36(24-39(33)46)42-32(25-45-37)19-18-31-17-16-30-15-14-28-9-7-8-12-35(28)41(30)43(31)42/h4-12,14-15,18-19,22-24,26-27,34,40H,13,16-17,20-21,25H2,1-3H3. The topological polar surface area (TPSA) is 26.3 Å². The average Bonchev–Trinajstić information content (AvgIpc) is 3.38. The lowest BCUT2D eigenvalue weighted by Gasteiger charge is -2.42. The Kier molecular flexibility index (Phi) is 6.52. The summed E-state index contributed by atoms with van der Waals surface area (Å²) in [7, 11) is -3.00. The molecule has 4 aliphatic rings. The summed E-state index contributed by atoms with van der Waals surface area (Å²) < 4.78 is 22.9. The molecule has 1 fully saturated rings. The fourth-order valence-corrected chi connectivity index (χ4v) is 13.7. The Morgan fingerprint density at radius 3 is 2.35 bits per heavy atom. The van der Waals surface area contributed by atoms with Crippen LogP contribution in [0.5, 0.6) is 5.75 Å². The fourth-order valence-electron chi connectivity index (χ4n) is 9.34. The summed E-state index contributed by atoms with van der Waals surface area (Å²) in [5.74, 6) is 2.42. The minimum atomic E-state index is -3.00. The second kappa shape index (κ2) is 10.6. The van der Waals surface area contributed by atoms with Crippen molar-refractivity contribution in [1.29, 1.82) is 0 Å². The summed E-state index contributed by atoms with van der Waals surface area (Å²) in [5.41, 5.74) is 11.5. The first-order valence-electron chi connectivity index (χ1n) is 17.3. The number of fused-ring (bicyclic) bond motifs is 10. The first kappa shape index (κ1) is 28.4. The van der Waals surface area contributed by atoms with Crippen molar-refractivity contribution in [2.75, 3.05) is 0 Å². The van der Waals surface area contributed by atoms with Crippen molar-refractivity contribution < 1.29 is 9.30 Å². The first-order chi connectivity index (χ1) is 22.4. The van der Waals surface area contributed by atoms with Crippen molar-refractivity contribution in [2.45, 2.75) is 65.1 Å².